The summed E-state index contributed by atoms with van der Waals surface area (Å²) in [4.78, 5) is 2.07. The highest BCUT2D eigenvalue weighted by Crippen LogP contribution is 2.35. The Morgan fingerprint density at radius 2 is 2.06 bits per heavy atom. The van der Waals surface area contributed by atoms with Gasteiger partial charge < -0.3 is 4.90 Å². The van der Waals surface area contributed by atoms with E-state index in [0.717, 1.165) is 17.4 Å². The van der Waals surface area contributed by atoms with Crippen LogP contribution in [0.25, 0.3) is 0 Å². The number of sulfone groups is 1. The van der Waals surface area contributed by atoms with E-state index in [1.807, 2.05) is 13.8 Å². The average molecular weight is 346 g/mol. The van der Waals surface area contributed by atoms with E-state index in [1.54, 1.807) is 0 Å². The third-order valence-electron chi connectivity index (χ3n) is 2.60. The quantitative estimate of drug-likeness (QED) is 0.579. The molecule has 0 N–H and O–H groups in total. The Morgan fingerprint density at radius 1 is 1.50 bits per heavy atom. The number of rotatable bonds is 3. The lowest BCUT2D eigenvalue weighted by atomic mass is 10.4. The summed E-state index contributed by atoms with van der Waals surface area (Å²) >= 11 is 10.1. The lowest BCUT2D eigenvalue weighted by molar-refractivity contribution is 0.482. The van der Waals surface area contributed by atoms with E-state index in [4.69, 9.17) is 12.2 Å². The highest BCUT2D eigenvalue weighted by atomic mass is 79.9. The van der Waals surface area contributed by atoms with Crippen LogP contribution in [-0.4, -0.2) is 45.9 Å². The zero-order chi connectivity index (χ0) is 12.3. The molecule has 0 radical (unpaired) electrons. The fourth-order valence-electron chi connectivity index (χ4n) is 1.55. The van der Waals surface area contributed by atoms with E-state index in [-0.39, 0.29) is 11.0 Å². The Labute approximate surface area is 115 Å². The summed E-state index contributed by atoms with van der Waals surface area (Å²) in [5.41, 5.74) is 0. The molecular formula is C9H16BrNO2S3. The zero-order valence-corrected chi connectivity index (χ0v) is 13.4. The van der Waals surface area contributed by atoms with Gasteiger partial charge in [-0.05, 0) is 20.3 Å². The average Bonchev–Trinajstić information content (AvgIpc) is 2.47. The normalized spacial score (nSPS) is 27.9. The topological polar surface area (TPSA) is 37.4 Å². The first-order valence-corrected chi connectivity index (χ1v) is 9.15. The van der Waals surface area contributed by atoms with Crippen molar-refractivity contribution in [2.75, 3.05) is 18.8 Å². The van der Waals surface area contributed by atoms with Crippen LogP contribution < -0.4 is 0 Å². The molecule has 1 fully saturated rings. The molecule has 0 aromatic rings. The number of nitrogens with zero attached hydrogens (tertiary/aromatic N) is 1. The predicted octanol–water partition coefficient (Wildman–Crippen LogP) is 2.25. The molecule has 94 valence electrons. The molecule has 1 rings (SSSR count). The summed E-state index contributed by atoms with van der Waals surface area (Å²) in [6, 6.07) is 0. The van der Waals surface area contributed by atoms with E-state index in [1.165, 1.54) is 11.8 Å². The van der Waals surface area contributed by atoms with Crippen molar-refractivity contribution in [2.24, 2.45) is 0 Å². The van der Waals surface area contributed by atoms with Gasteiger partial charge in [-0.3, -0.25) is 0 Å². The highest BCUT2D eigenvalue weighted by molar-refractivity contribution is 9.11. The van der Waals surface area contributed by atoms with Gasteiger partial charge in [0.15, 0.2) is 9.84 Å². The van der Waals surface area contributed by atoms with Gasteiger partial charge in [0.2, 0.25) is 0 Å². The van der Waals surface area contributed by atoms with Crippen LogP contribution in [0.4, 0.5) is 0 Å². The van der Waals surface area contributed by atoms with Crippen molar-refractivity contribution in [3.05, 3.63) is 0 Å². The van der Waals surface area contributed by atoms with Crippen molar-refractivity contribution in [2.45, 2.75) is 29.7 Å². The molecule has 1 aliphatic heterocycles. The van der Waals surface area contributed by atoms with E-state index in [9.17, 15) is 8.42 Å². The van der Waals surface area contributed by atoms with Gasteiger partial charge in [-0.2, -0.15) is 0 Å². The smallest absolute Gasteiger partial charge is 0.164 e. The van der Waals surface area contributed by atoms with Crippen molar-refractivity contribution < 1.29 is 8.42 Å². The summed E-state index contributed by atoms with van der Waals surface area (Å²) in [6.45, 7) is 5.84. The lowest BCUT2D eigenvalue weighted by Gasteiger charge is -2.23. The van der Waals surface area contributed by atoms with E-state index in [2.05, 4.69) is 20.8 Å². The fourth-order valence-corrected chi connectivity index (χ4v) is 6.57. The second-order valence-corrected chi connectivity index (χ2v) is 9.31. The van der Waals surface area contributed by atoms with Crippen LogP contribution in [0.1, 0.15) is 20.3 Å². The molecule has 0 bridgehead atoms. The number of alkyl halides is 1. The fraction of sp³-hybridized carbons (Fsp3) is 0.889. The van der Waals surface area contributed by atoms with Crippen LogP contribution >= 0.6 is 39.9 Å². The zero-order valence-electron chi connectivity index (χ0n) is 9.35. The minimum atomic E-state index is -2.94. The molecule has 1 aliphatic rings. The number of hydrogen-bond donors (Lipinski definition) is 0. The van der Waals surface area contributed by atoms with Gasteiger partial charge in [-0.25, -0.2) is 8.42 Å². The standard InChI is InChI=1S/C9H16BrNO2S3/c1-3-11(4-2)9(14)15-7-5-6-16(12,13)8(7)10/h7-8H,3-6H2,1-2H3. The van der Waals surface area contributed by atoms with Crippen LogP contribution in [0.5, 0.6) is 0 Å². The summed E-state index contributed by atoms with van der Waals surface area (Å²) in [6.07, 6.45) is 0.685. The number of thioether (sulfide) groups is 1. The van der Waals surface area contributed by atoms with Gasteiger partial charge in [0, 0.05) is 18.3 Å². The second kappa shape index (κ2) is 6.02. The van der Waals surface area contributed by atoms with Crippen molar-refractivity contribution in [3.63, 3.8) is 0 Å². The summed E-state index contributed by atoms with van der Waals surface area (Å²) in [5.74, 6) is 0.265. The SMILES string of the molecule is CCN(CC)C(=S)SC1CCS(=O)(=O)C1Br. The first-order chi connectivity index (χ1) is 7.42. The van der Waals surface area contributed by atoms with Crippen molar-refractivity contribution in [3.8, 4) is 0 Å². The van der Waals surface area contributed by atoms with Gasteiger partial charge in [0.05, 0.1) is 5.75 Å². The molecule has 3 nitrogen and oxygen atoms in total. The Hall–Kier alpha value is 0.670. The molecule has 1 heterocycles. The summed E-state index contributed by atoms with van der Waals surface area (Å²) in [5, 5.41) is 0.0538. The van der Waals surface area contributed by atoms with E-state index < -0.39 is 14.0 Å². The van der Waals surface area contributed by atoms with Crippen molar-refractivity contribution in [1.29, 1.82) is 0 Å². The van der Waals surface area contributed by atoms with Crippen LogP contribution in [0.2, 0.25) is 0 Å². The minimum absolute atomic E-state index is 0.0538. The molecule has 0 aromatic carbocycles. The van der Waals surface area contributed by atoms with Crippen molar-refractivity contribution in [1.82, 2.24) is 4.90 Å². The van der Waals surface area contributed by atoms with Gasteiger partial charge in [0.25, 0.3) is 0 Å². The molecule has 2 atom stereocenters. The van der Waals surface area contributed by atoms with Crippen LogP contribution in [-0.2, 0) is 9.84 Å². The molecule has 7 heteroatoms. The largest absolute Gasteiger partial charge is 0.358 e. The molecule has 16 heavy (non-hydrogen) atoms. The maximum absolute atomic E-state index is 11.5. The number of halogens is 1. The first-order valence-electron chi connectivity index (χ1n) is 5.23. The Morgan fingerprint density at radius 3 is 2.44 bits per heavy atom. The highest BCUT2D eigenvalue weighted by Gasteiger charge is 2.39. The van der Waals surface area contributed by atoms with Crippen LogP contribution in [0.3, 0.4) is 0 Å². The molecule has 1 saturated heterocycles. The maximum Gasteiger partial charge on any atom is 0.164 e. The van der Waals surface area contributed by atoms with E-state index >= 15 is 0 Å². The third-order valence-corrected chi connectivity index (χ3v) is 9.10. The van der Waals surface area contributed by atoms with Gasteiger partial charge in [-0.15, -0.1) is 0 Å². The third kappa shape index (κ3) is 3.34. The molecule has 2 unspecified atom stereocenters. The van der Waals surface area contributed by atoms with E-state index in [0.29, 0.717) is 6.42 Å². The van der Waals surface area contributed by atoms with Crippen molar-refractivity contribution >= 4 is 54.1 Å². The monoisotopic (exact) mass is 345 g/mol. The number of thiocarbonyl (C=S) groups is 1. The van der Waals surface area contributed by atoms with Crippen LogP contribution in [0.15, 0.2) is 0 Å². The Kier molecular flexibility index (Phi) is 5.54. The van der Waals surface area contributed by atoms with Gasteiger partial charge in [-0.1, -0.05) is 39.9 Å². The second-order valence-electron chi connectivity index (χ2n) is 3.60. The Balaban J connectivity index is 2.60. The molecule has 0 spiro atoms. The maximum atomic E-state index is 11.5. The predicted molar refractivity (Wildman–Crippen MR) is 78.0 cm³/mol. The van der Waals surface area contributed by atoms with Gasteiger partial charge in [0.1, 0.15) is 8.48 Å². The van der Waals surface area contributed by atoms with Crippen LogP contribution in [0, 0.1) is 0 Å². The number of hydrogen-bond acceptors (Lipinski definition) is 4. The Bertz CT molecular complexity index is 354. The lowest BCUT2D eigenvalue weighted by Crippen LogP contribution is -2.29. The summed E-state index contributed by atoms with van der Waals surface area (Å²) < 4.78 is 23.4. The molecule has 0 aliphatic carbocycles. The van der Waals surface area contributed by atoms with Gasteiger partial charge >= 0.3 is 0 Å². The molecule has 0 amide bonds. The molecule has 0 saturated carbocycles. The summed E-state index contributed by atoms with van der Waals surface area (Å²) in [7, 11) is -2.94. The first kappa shape index (κ1) is 14.7. The minimum Gasteiger partial charge on any atom is -0.358 e. The molecule has 0 aromatic heterocycles. The molecular weight excluding hydrogens is 330 g/mol.